The van der Waals surface area contributed by atoms with Crippen LogP contribution < -0.4 is 15.5 Å². The molecule has 1 aliphatic heterocycles. The third-order valence-electron chi connectivity index (χ3n) is 5.34. The highest BCUT2D eigenvalue weighted by molar-refractivity contribution is 5.88. The fourth-order valence-corrected chi connectivity index (χ4v) is 3.70. The van der Waals surface area contributed by atoms with Crippen LogP contribution >= 0.6 is 0 Å². The summed E-state index contributed by atoms with van der Waals surface area (Å²) >= 11 is 0. The van der Waals surface area contributed by atoms with Crippen LogP contribution in [0.3, 0.4) is 0 Å². The van der Waals surface area contributed by atoms with Gasteiger partial charge in [0.1, 0.15) is 0 Å². The zero-order valence-corrected chi connectivity index (χ0v) is 15.7. The van der Waals surface area contributed by atoms with Gasteiger partial charge in [-0.15, -0.1) is 0 Å². The Bertz CT molecular complexity index is 650. The Hall–Kier alpha value is -2.57. The predicted octanol–water partition coefficient (Wildman–Crippen LogP) is 0.758. The van der Waals surface area contributed by atoms with Crippen LogP contribution in [0.4, 0.5) is 5.69 Å². The smallest absolute Gasteiger partial charge is 0.242 e. The maximum atomic E-state index is 12.3. The van der Waals surface area contributed by atoms with E-state index in [0.29, 0.717) is 13.1 Å². The molecule has 1 aromatic carbocycles. The number of nitrogens with zero attached hydrogens (tertiary/aromatic N) is 2. The van der Waals surface area contributed by atoms with Crippen molar-refractivity contribution in [2.24, 2.45) is 5.92 Å². The van der Waals surface area contributed by atoms with E-state index in [1.54, 1.807) is 4.90 Å². The van der Waals surface area contributed by atoms with Crippen molar-refractivity contribution in [1.29, 1.82) is 0 Å². The number of carbonyl (C=O) groups is 3. The molecular weight excluding hydrogens is 344 g/mol. The van der Waals surface area contributed by atoms with E-state index in [9.17, 15) is 14.4 Å². The van der Waals surface area contributed by atoms with Gasteiger partial charge in [0.2, 0.25) is 17.7 Å². The van der Waals surface area contributed by atoms with Gasteiger partial charge in [0.15, 0.2) is 0 Å². The molecule has 0 unspecified atom stereocenters. The lowest BCUT2D eigenvalue weighted by Gasteiger charge is -2.36. The van der Waals surface area contributed by atoms with Gasteiger partial charge >= 0.3 is 0 Å². The maximum Gasteiger partial charge on any atom is 0.242 e. The van der Waals surface area contributed by atoms with Crippen molar-refractivity contribution in [3.63, 3.8) is 0 Å². The molecule has 0 aromatic heterocycles. The Morgan fingerprint density at radius 3 is 2.22 bits per heavy atom. The zero-order valence-electron chi connectivity index (χ0n) is 15.7. The third kappa shape index (κ3) is 5.45. The number of nitrogens with one attached hydrogen (secondary N) is 2. The van der Waals surface area contributed by atoms with E-state index in [0.717, 1.165) is 44.5 Å². The third-order valence-corrected chi connectivity index (χ3v) is 5.34. The molecule has 1 saturated heterocycles. The summed E-state index contributed by atoms with van der Waals surface area (Å²) in [5, 5.41) is 5.28. The van der Waals surface area contributed by atoms with E-state index in [1.807, 2.05) is 18.2 Å². The van der Waals surface area contributed by atoms with Crippen molar-refractivity contribution in [3.05, 3.63) is 30.3 Å². The lowest BCUT2D eigenvalue weighted by Crippen LogP contribution is -2.51. The average molecular weight is 372 g/mol. The van der Waals surface area contributed by atoms with Crippen LogP contribution in [-0.4, -0.2) is 61.9 Å². The summed E-state index contributed by atoms with van der Waals surface area (Å²) in [6.45, 7) is 2.75. The number of piperazine rings is 1. The number of carbonyl (C=O) groups excluding carboxylic acids is 3. The first kappa shape index (κ1) is 19.2. The molecule has 1 aliphatic carbocycles. The molecule has 0 atom stereocenters. The predicted molar refractivity (Wildman–Crippen MR) is 103 cm³/mol. The largest absolute Gasteiger partial charge is 0.368 e. The Labute approximate surface area is 160 Å². The summed E-state index contributed by atoms with van der Waals surface area (Å²) in [4.78, 5) is 40.1. The first-order chi connectivity index (χ1) is 13.1. The highest BCUT2D eigenvalue weighted by Gasteiger charge is 2.24. The highest BCUT2D eigenvalue weighted by atomic mass is 16.2. The van der Waals surface area contributed by atoms with E-state index in [4.69, 9.17) is 0 Å². The Balaban J connectivity index is 1.33. The van der Waals surface area contributed by atoms with E-state index in [-0.39, 0.29) is 36.7 Å². The number of para-hydroxylation sites is 1. The van der Waals surface area contributed by atoms with Gasteiger partial charge < -0.3 is 20.4 Å². The minimum atomic E-state index is -0.322. The molecule has 2 aliphatic rings. The van der Waals surface area contributed by atoms with Gasteiger partial charge in [-0.05, 0) is 25.0 Å². The lowest BCUT2D eigenvalue weighted by atomic mass is 10.1. The fraction of sp³-hybridized carbons (Fsp3) is 0.550. The Kier molecular flexibility index (Phi) is 6.68. The Morgan fingerprint density at radius 1 is 0.889 bits per heavy atom. The van der Waals surface area contributed by atoms with Crippen LogP contribution in [-0.2, 0) is 14.4 Å². The summed E-state index contributed by atoms with van der Waals surface area (Å²) < 4.78 is 0. The van der Waals surface area contributed by atoms with Crippen molar-refractivity contribution >= 4 is 23.4 Å². The molecule has 0 radical (unpaired) electrons. The van der Waals surface area contributed by atoms with Crippen molar-refractivity contribution in [3.8, 4) is 0 Å². The first-order valence-electron chi connectivity index (χ1n) is 9.75. The maximum absolute atomic E-state index is 12.3. The lowest BCUT2D eigenvalue weighted by molar-refractivity contribution is -0.133. The molecule has 1 aromatic rings. The topological polar surface area (TPSA) is 81.8 Å². The minimum Gasteiger partial charge on any atom is -0.368 e. The molecular formula is C20H28N4O3. The van der Waals surface area contributed by atoms with E-state index in [1.165, 1.54) is 0 Å². The van der Waals surface area contributed by atoms with Gasteiger partial charge in [0.25, 0.3) is 0 Å². The van der Waals surface area contributed by atoms with Crippen LogP contribution in [0.5, 0.6) is 0 Å². The second-order valence-electron chi connectivity index (χ2n) is 7.18. The summed E-state index contributed by atoms with van der Waals surface area (Å²) in [6.07, 6.45) is 3.97. The van der Waals surface area contributed by atoms with Gasteiger partial charge in [0.05, 0.1) is 13.1 Å². The second kappa shape index (κ2) is 9.39. The first-order valence-corrected chi connectivity index (χ1v) is 9.75. The van der Waals surface area contributed by atoms with Gasteiger partial charge in [-0.2, -0.15) is 0 Å². The molecule has 7 nitrogen and oxygen atoms in total. The highest BCUT2D eigenvalue weighted by Crippen LogP contribution is 2.24. The molecule has 1 heterocycles. The second-order valence-corrected chi connectivity index (χ2v) is 7.18. The number of anilines is 1. The van der Waals surface area contributed by atoms with Gasteiger partial charge in [-0.1, -0.05) is 31.0 Å². The molecule has 2 N–H and O–H groups in total. The number of rotatable bonds is 6. The summed E-state index contributed by atoms with van der Waals surface area (Å²) in [6, 6.07) is 10.1. The molecule has 3 rings (SSSR count). The minimum absolute atomic E-state index is 0.0243. The Morgan fingerprint density at radius 2 is 1.56 bits per heavy atom. The number of amides is 3. The molecule has 146 valence electrons. The number of hydrogen-bond acceptors (Lipinski definition) is 4. The summed E-state index contributed by atoms with van der Waals surface area (Å²) in [7, 11) is 0. The average Bonchev–Trinajstić information content (AvgIpc) is 3.26. The fourth-order valence-electron chi connectivity index (χ4n) is 3.70. The van der Waals surface area contributed by atoms with E-state index < -0.39 is 0 Å². The van der Waals surface area contributed by atoms with Crippen LogP contribution in [0, 0.1) is 5.92 Å². The van der Waals surface area contributed by atoms with Crippen LogP contribution in [0.2, 0.25) is 0 Å². The molecule has 7 heteroatoms. The van der Waals surface area contributed by atoms with Crippen LogP contribution in [0.25, 0.3) is 0 Å². The van der Waals surface area contributed by atoms with Crippen molar-refractivity contribution in [2.75, 3.05) is 44.2 Å². The van der Waals surface area contributed by atoms with Crippen LogP contribution in [0.1, 0.15) is 25.7 Å². The van der Waals surface area contributed by atoms with Crippen LogP contribution in [0.15, 0.2) is 30.3 Å². The summed E-state index contributed by atoms with van der Waals surface area (Å²) in [5.41, 5.74) is 1.16. The monoisotopic (exact) mass is 372 g/mol. The van der Waals surface area contributed by atoms with Crippen molar-refractivity contribution in [1.82, 2.24) is 15.5 Å². The molecule has 3 amide bonds. The molecule has 0 spiro atoms. The zero-order chi connectivity index (χ0) is 19.1. The molecule has 2 fully saturated rings. The molecule has 27 heavy (non-hydrogen) atoms. The number of hydrogen-bond donors (Lipinski definition) is 2. The SMILES string of the molecule is O=C(CNC(=O)C1CCCC1)NCC(=O)N1CCN(c2ccccc2)CC1. The normalized spacial score (nSPS) is 17.6. The summed E-state index contributed by atoms with van der Waals surface area (Å²) in [5.74, 6) is -0.415. The quantitative estimate of drug-likeness (QED) is 0.772. The standard InChI is InChI=1S/C20H28N4O3/c25-18(14-22-20(27)16-6-4-5-7-16)21-15-19(26)24-12-10-23(11-13-24)17-8-2-1-3-9-17/h1-3,8-9,16H,4-7,10-15H2,(H,21,25)(H,22,27). The van der Waals surface area contributed by atoms with Crippen molar-refractivity contribution in [2.45, 2.75) is 25.7 Å². The van der Waals surface area contributed by atoms with Crippen molar-refractivity contribution < 1.29 is 14.4 Å². The van der Waals surface area contributed by atoms with E-state index in [2.05, 4.69) is 27.7 Å². The van der Waals surface area contributed by atoms with Gasteiger partial charge in [-0.3, -0.25) is 14.4 Å². The molecule has 0 bridgehead atoms. The number of benzene rings is 1. The van der Waals surface area contributed by atoms with E-state index >= 15 is 0 Å². The molecule has 1 saturated carbocycles. The van der Waals surface area contributed by atoms with Gasteiger partial charge in [-0.25, -0.2) is 0 Å². The van der Waals surface area contributed by atoms with Gasteiger partial charge in [0, 0.05) is 37.8 Å².